The molecule has 1 aliphatic heterocycles. The molecule has 5 nitrogen and oxygen atoms in total. The van der Waals surface area contributed by atoms with Crippen molar-refractivity contribution in [1.29, 1.82) is 0 Å². The van der Waals surface area contributed by atoms with E-state index >= 15 is 0 Å². The van der Waals surface area contributed by atoms with Crippen LogP contribution in [0.4, 0.5) is 0 Å². The summed E-state index contributed by atoms with van der Waals surface area (Å²) in [5.74, 6) is -0.596. The first-order valence-corrected chi connectivity index (χ1v) is 10.6. The van der Waals surface area contributed by atoms with E-state index in [1.54, 1.807) is 0 Å². The van der Waals surface area contributed by atoms with Crippen LogP contribution in [0.15, 0.2) is 60.3 Å². The summed E-state index contributed by atoms with van der Waals surface area (Å²) in [6, 6.07) is 14.1. The molecule has 0 spiro atoms. The van der Waals surface area contributed by atoms with Crippen LogP contribution in [-0.2, 0) is 16.6 Å². The van der Waals surface area contributed by atoms with Crippen LogP contribution in [0.3, 0.4) is 0 Å². The number of nitrogens with one attached hydrogen (secondary N) is 1. The zero-order chi connectivity index (χ0) is 21.7. The van der Waals surface area contributed by atoms with E-state index in [0.29, 0.717) is 17.6 Å². The van der Waals surface area contributed by atoms with Gasteiger partial charge in [-0.05, 0) is 60.2 Å². The van der Waals surface area contributed by atoms with Crippen molar-refractivity contribution in [2.45, 2.75) is 25.7 Å². The minimum absolute atomic E-state index is 0.114. The molecule has 0 radical (unpaired) electrons. The molecule has 0 fully saturated rings. The van der Waals surface area contributed by atoms with Crippen molar-refractivity contribution in [2.24, 2.45) is 7.05 Å². The minimum Gasteiger partial charge on any atom is -0.396 e. The lowest BCUT2D eigenvalue weighted by atomic mass is 9.91. The summed E-state index contributed by atoms with van der Waals surface area (Å²) in [7, 11) is 1.95. The fourth-order valence-corrected chi connectivity index (χ4v) is 4.97. The lowest BCUT2D eigenvalue weighted by Gasteiger charge is -2.11. The summed E-state index contributed by atoms with van der Waals surface area (Å²) in [6.45, 7) is 2.13. The van der Waals surface area contributed by atoms with Crippen molar-refractivity contribution in [2.75, 3.05) is 6.61 Å². The molecule has 0 bridgehead atoms. The Morgan fingerprint density at radius 1 is 1.03 bits per heavy atom. The van der Waals surface area contributed by atoms with E-state index in [-0.39, 0.29) is 24.3 Å². The van der Waals surface area contributed by atoms with Crippen molar-refractivity contribution in [1.82, 2.24) is 9.88 Å². The van der Waals surface area contributed by atoms with Crippen LogP contribution in [0.25, 0.3) is 22.0 Å². The van der Waals surface area contributed by atoms with Crippen LogP contribution in [0.5, 0.6) is 0 Å². The van der Waals surface area contributed by atoms with E-state index in [0.717, 1.165) is 45.2 Å². The number of rotatable bonds is 5. The lowest BCUT2D eigenvalue weighted by Crippen LogP contribution is -2.23. The first kappa shape index (κ1) is 19.5. The Labute approximate surface area is 180 Å². The smallest absolute Gasteiger partial charge is 0.259 e. The largest absolute Gasteiger partial charge is 0.396 e. The van der Waals surface area contributed by atoms with Crippen LogP contribution in [0.1, 0.15) is 41.0 Å². The van der Waals surface area contributed by atoms with Gasteiger partial charge in [0.25, 0.3) is 11.8 Å². The quantitative estimate of drug-likeness (QED) is 0.626. The predicted octanol–water partition coefficient (Wildman–Crippen LogP) is 3.85. The highest BCUT2D eigenvalue weighted by atomic mass is 16.3. The maximum Gasteiger partial charge on any atom is 0.259 e. The highest BCUT2D eigenvalue weighted by Crippen LogP contribution is 2.45. The number of amides is 2. The normalized spacial score (nSPS) is 18.0. The van der Waals surface area contributed by atoms with Crippen LogP contribution >= 0.6 is 0 Å². The van der Waals surface area contributed by atoms with Crippen molar-refractivity contribution in [3.63, 3.8) is 0 Å². The van der Waals surface area contributed by atoms with Crippen LogP contribution in [0, 0.1) is 6.92 Å². The van der Waals surface area contributed by atoms with E-state index in [1.165, 1.54) is 0 Å². The van der Waals surface area contributed by atoms with E-state index in [4.69, 9.17) is 0 Å². The molecular formula is C26H24N2O3. The highest BCUT2D eigenvalue weighted by Gasteiger charge is 2.37. The molecule has 1 unspecified atom stereocenters. The number of nitrogens with zero attached hydrogens (tertiary/aromatic N) is 1. The third kappa shape index (κ3) is 3.04. The Morgan fingerprint density at radius 3 is 2.61 bits per heavy atom. The standard InChI is InChI=1S/C26H24N2O3/c1-15-12-17-9-10-28(2)24(17)21(13-15)23-22(25(30)27-26(23)31)20-14-16(6-5-11-29)18-7-3-4-8-19(18)20/h3-4,7-10,12-14,16,29H,5-6,11H2,1-2H3,(H,27,30,31). The fourth-order valence-electron chi connectivity index (χ4n) is 4.97. The number of hydrogen-bond acceptors (Lipinski definition) is 3. The number of benzene rings is 2. The molecule has 0 saturated carbocycles. The van der Waals surface area contributed by atoms with Crippen LogP contribution < -0.4 is 5.32 Å². The molecule has 1 atom stereocenters. The molecule has 5 heteroatoms. The van der Waals surface area contributed by atoms with E-state index < -0.39 is 0 Å². The monoisotopic (exact) mass is 412 g/mol. The molecule has 3 aromatic rings. The first-order valence-electron chi connectivity index (χ1n) is 10.6. The van der Waals surface area contributed by atoms with Crippen molar-refractivity contribution in [3.05, 3.63) is 82.6 Å². The van der Waals surface area contributed by atoms with Gasteiger partial charge in [-0.25, -0.2) is 0 Å². The third-order valence-corrected chi connectivity index (χ3v) is 6.28. The minimum atomic E-state index is -0.356. The number of aryl methyl sites for hydroxylation is 2. The van der Waals surface area contributed by atoms with Gasteiger partial charge in [0, 0.05) is 36.7 Å². The molecule has 31 heavy (non-hydrogen) atoms. The highest BCUT2D eigenvalue weighted by molar-refractivity contribution is 6.41. The zero-order valence-electron chi connectivity index (χ0n) is 17.6. The summed E-state index contributed by atoms with van der Waals surface area (Å²) in [5, 5.41) is 12.9. The Kier molecular flexibility index (Phi) is 4.63. The molecule has 156 valence electrons. The summed E-state index contributed by atoms with van der Waals surface area (Å²) < 4.78 is 1.99. The topological polar surface area (TPSA) is 71.3 Å². The average Bonchev–Trinajstić information content (AvgIpc) is 3.39. The van der Waals surface area contributed by atoms with Gasteiger partial charge >= 0.3 is 0 Å². The number of aliphatic hydroxyl groups is 1. The third-order valence-electron chi connectivity index (χ3n) is 6.28. The summed E-state index contributed by atoms with van der Waals surface area (Å²) in [5.41, 5.74) is 6.55. The molecule has 2 aliphatic rings. The van der Waals surface area contributed by atoms with Gasteiger partial charge in [0.05, 0.1) is 16.7 Å². The number of aromatic nitrogens is 1. The molecule has 1 aliphatic carbocycles. The van der Waals surface area contributed by atoms with E-state index in [9.17, 15) is 14.7 Å². The number of imide groups is 1. The molecule has 2 N–H and O–H groups in total. The number of hydrogen-bond donors (Lipinski definition) is 2. The van der Waals surface area contributed by atoms with Crippen molar-refractivity contribution in [3.8, 4) is 0 Å². The van der Waals surface area contributed by atoms with Gasteiger partial charge in [0.2, 0.25) is 0 Å². The Hall–Kier alpha value is -3.44. The van der Waals surface area contributed by atoms with Crippen molar-refractivity contribution >= 4 is 33.9 Å². The second-order valence-electron chi connectivity index (χ2n) is 8.35. The second kappa shape index (κ2) is 7.36. The molecule has 2 heterocycles. The molecule has 0 saturated heterocycles. The summed E-state index contributed by atoms with van der Waals surface area (Å²) in [6.07, 6.45) is 5.53. The van der Waals surface area contributed by atoms with Crippen LogP contribution in [0.2, 0.25) is 0 Å². The van der Waals surface area contributed by atoms with E-state index in [2.05, 4.69) is 23.5 Å². The molecular weight excluding hydrogens is 388 g/mol. The van der Waals surface area contributed by atoms with Gasteiger partial charge in [0.1, 0.15) is 0 Å². The van der Waals surface area contributed by atoms with Crippen molar-refractivity contribution < 1.29 is 14.7 Å². The Morgan fingerprint density at radius 2 is 1.81 bits per heavy atom. The van der Waals surface area contributed by atoms with Crippen LogP contribution in [-0.4, -0.2) is 28.1 Å². The summed E-state index contributed by atoms with van der Waals surface area (Å²) in [4.78, 5) is 26.1. The number of carbonyl (C=O) groups is 2. The fraction of sp³-hybridized carbons (Fsp3) is 0.231. The SMILES string of the molecule is Cc1cc(C2=C(C3=CC(CCCO)c4ccccc43)C(=O)NC2=O)c2c(ccn2C)c1. The first-order chi connectivity index (χ1) is 15.0. The van der Waals surface area contributed by atoms with Gasteiger partial charge in [-0.3, -0.25) is 14.9 Å². The maximum atomic E-state index is 13.1. The molecule has 1 aromatic heterocycles. The lowest BCUT2D eigenvalue weighted by molar-refractivity contribution is -0.123. The van der Waals surface area contributed by atoms with Gasteiger partial charge in [-0.2, -0.15) is 0 Å². The van der Waals surface area contributed by atoms with E-state index in [1.807, 2.05) is 55.1 Å². The number of carbonyl (C=O) groups excluding carboxylic acids is 2. The van der Waals surface area contributed by atoms with Gasteiger partial charge in [-0.1, -0.05) is 30.3 Å². The Bertz CT molecular complexity index is 1310. The second-order valence-corrected chi connectivity index (χ2v) is 8.35. The van der Waals surface area contributed by atoms with Gasteiger partial charge in [-0.15, -0.1) is 0 Å². The number of fused-ring (bicyclic) bond motifs is 2. The molecule has 2 amide bonds. The zero-order valence-corrected chi connectivity index (χ0v) is 17.6. The van der Waals surface area contributed by atoms with Gasteiger partial charge < -0.3 is 9.67 Å². The average molecular weight is 412 g/mol. The predicted molar refractivity (Wildman–Crippen MR) is 121 cm³/mol. The van der Waals surface area contributed by atoms with Gasteiger partial charge in [0.15, 0.2) is 0 Å². The molecule has 5 rings (SSSR count). The number of aliphatic hydroxyl groups excluding tert-OH is 1. The Balaban J connectivity index is 1.77. The number of allylic oxidation sites excluding steroid dienone is 1. The molecule has 2 aromatic carbocycles. The maximum absolute atomic E-state index is 13.1. The summed E-state index contributed by atoms with van der Waals surface area (Å²) >= 11 is 0.